The SMILES string of the molecule is Cc1cc(C)c2nc(CC(=O)O)cc(C)c2c1. The van der Waals surface area contributed by atoms with Crippen molar-refractivity contribution in [2.75, 3.05) is 0 Å². The number of benzene rings is 1. The lowest BCUT2D eigenvalue weighted by Crippen LogP contribution is -2.03. The number of hydrogen-bond acceptors (Lipinski definition) is 2. The van der Waals surface area contributed by atoms with Crippen molar-refractivity contribution in [1.82, 2.24) is 4.98 Å². The van der Waals surface area contributed by atoms with Crippen LogP contribution in [0.4, 0.5) is 0 Å². The highest BCUT2D eigenvalue weighted by Gasteiger charge is 2.08. The minimum atomic E-state index is -0.846. The Hall–Kier alpha value is -1.90. The van der Waals surface area contributed by atoms with Crippen LogP contribution >= 0.6 is 0 Å². The molecule has 88 valence electrons. The van der Waals surface area contributed by atoms with Crippen LogP contribution in [0, 0.1) is 20.8 Å². The van der Waals surface area contributed by atoms with Crippen molar-refractivity contribution >= 4 is 16.9 Å². The Kier molecular flexibility index (Phi) is 2.84. The zero-order valence-corrected chi connectivity index (χ0v) is 10.2. The number of carboxylic acids is 1. The molecule has 0 fully saturated rings. The van der Waals surface area contributed by atoms with Gasteiger partial charge in [0.1, 0.15) is 0 Å². The van der Waals surface area contributed by atoms with Crippen molar-refractivity contribution in [3.63, 3.8) is 0 Å². The molecule has 0 atom stereocenters. The van der Waals surface area contributed by atoms with E-state index in [0.717, 1.165) is 22.0 Å². The van der Waals surface area contributed by atoms with E-state index < -0.39 is 5.97 Å². The Labute approximate surface area is 100 Å². The number of aliphatic carboxylic acids is 1. The Bertz CT molecular complexity index is 603. The first-order valence-corrected chi connectivity index (χ1v) is 5.56. The molecule has 1 aromatic carbocycles. The monoisotopic (exact) mass is 229 g/mol. The van der Waals surface area contributed by atoms with Gasteiger partial charge in [0, 0.05) is 5.39 Å². The molecular formula is C14H15NO2. The average Bonchev–Trinajstić information content (AvgIpc) is 2.19. The topological polar surface area (TPSA) is 50.2 Å². The maximum atomic E-state index is 10.7. The van der Waals surface area contributed by atoms with Gasteiger partial charge in [-0.15, -0.1) is 0 Å². The first kappa shape index (κ1) is 11.6. The highest BCUT2D eigenvalue weighted by molar-refractivity contribution is 5.86. The predicted molar refractivity (Wildman–Crippen MR) is 67.3 cm³/mol. The number of fused-ring (bicyclic) bond motifs is 1. The summed E-state index contributed by atoms with van der Waals surface area (Å²) in [6.07, 6.45) is -0.0237. The number of nitrogens with zero attached hydrogens (tertiary/aromatic N) is 1. The minimum Gasteiger partial charge on any atom is -0.481 e. The lowest BCUT2D eigenvalue weighted by atomic mass is 10.0. The number of aryl methyl sites for hydroxylation is 3. The molecule has 2 aromatic rings. The molecule has 1 aromatic heterocycles. The predicted octanol–water partition coefficient (Wildman–Crippen LogP) is 2.79. The number of aromatic nitrogens is 1. The molecule has 0 saturated carbocycles. The van der Waals surface area contributed by atoms with Crippen molar-refractivity contribution in [3.05, 3.63) is 40.6 Å². The third-order valence-corrected chi connectivity index (χ3v) is 2.84. The van der Waals surface area contributed by atoms with E-state index in [1.54, 1.807) is 0 Å². The molecule has 0 amide bonds. The van der Waals surface area contributed by atoms with Crippen LogP contribution < -0.4 is 0 Å². The Morgan fingerprint density at radius 1 is 1.18 bits per heavy atom. The summed E-state index contributed by atoms with van der Waals surface area (Å²) in [4.78, 5) is 15.2. The molecule has 0 aliphatic rings. The molecule has 0 bridgehead atoms. The van der Waals surface area contributed by atoms with Crippen LogP contribution in [0.5, 0.6) is 0 Å². The Morgan fingerprint density at radius 2 is 1.88 bits per heavy atom. The van der Waals surface area contributed by atoms with E-state index in [1.165, 1.54) is 5.56 Å². The van der Waals surface area contributed by atoms with Gasteiger partial charge in [-0.25, -0.2) is 0 Å². The summed E-state index contributed by atoms with van der Waals surface area (Å²) < 4.78 is 0. The van der Waals surface area contributed by atoms with Gasteiger partial charge in [-0.1, -0.05) is 11.6 Å². The second-order valence-electron chi connectivity index (χ2n) is 4.48. The summed E-state index contributed by atoms with van der Waals surface area (Å²) in [5, 5.41) is 9.91. The van der Waals surface area contributed by atoms with Crippen LogP contribution in [0.1, 0.15) is 22.4 Å². The van der Waals surface area contributed by atoms with Crippen LogP contribution in [-0.2, 0) is 11.2 Å². The van der Waals surface area contributed by atoms with Crippen LogP contribution in [0.2, 0.25) is 0 Å². The molecular weight excluding hydrogens is 214 g/mol. The molecule has 3 nitrogen and oxygen atoms in total. The fourth-order valence-corrected chi connectivity index (χ4v) is 2.16. The van der Waals surface area contributed by atoms with Crippen molar-refractivity contribution in [3.8, 4) is 0 Å². The normalized spacial score (nSPS) is 10.8. The molecule has 0 radical (unpaired) electrons. The van der Waals surface area contributed by atoms with E-state index >= 15 is 0 Å². The summed E-state index contributed by atoms with van der Waals surface area (Å²) in [6, 6.07) is 6.02. The third kappa shape index (κ3) is 2.28. The van der Waals surface area contributed by atoms with Gasteiger partial charge in [-0.3, -0.25) is 9.78 Å². The van der Waals surface area contributed by atoms with Crippen LogP contribution in [0.25, 0.3) is 10.9 Å². The molecule has 0 spiro atoms. The summed E-state index contributed by atoms with van der Waals surface area (Å²) in [5.74, 6) is -0.846. The summed E-state index contributed by atoms with van der Waals surface area (Å²) in [7, 11) is 0. The zero-order chi connectivity index (χ0) is 12.6. The van der Waals surface area contributed by atoms with E-state index in [1.807, 2.05) is 19.9 Å². The van der Waals surface area contributed by atoms with Gasteiger partial charge in [0.15, 0.2) is 0 Å². The summed E-state index contributed by atoms with van der Waals surface area (Å²) >= 11 is 0. The Morgan fingerprint density at radius 3 is 2.53 bits per heavy atom. The fourth-order valence-electron chi connectivity index (χ4n) is 2.16. The highest BCUT2D eigenvalue weighted by atomic mass is 16.4. The third-order valence-electron chi connectivity index (χ3n) is 2.84. The number of rotatable bonds is 2. The van der Waals surface area contributed by atoms with E-state index in [2.05, 4.69) is 24.0 Å². The number of pyridine rings is 1. The molecule has 0 saturated heterocycles. The molecule has 3 heteroatoms. The fraction of sp³-hybridized carbons (Fsp3) is 0.286. The van der Waals surface area contributed by atoms with Gasteiger partial charge in [-0.2, -0.15) is 0 Å². The van der Waals surface area contributed by atoms with Crippen molar-refractivity contribution in [2.45, 2.75) is 27.2 Å². The van der Waals surface area contributed by atoms with Crippen LogP contribution in [-0.4, -0.2) is 16.1 Å². The largest absolute Gasteiger partial charge is 0.481 e. The van der Waals surface area contributed by atoms with Crippen molar-refractivity contribution < 1.29 is 9.90 Å². The quantitative estimate of drug-likeness (QED) is 0.861. The number of hydrogen-bond donors (Lipinski definition) is 1. The van der Waals surface area contributed by atoms with E-state index in [4.69, 9.17) is 5.11 Å². The maximum Gasteiger partial charge on any atom is 0.309 e. The average molecular weight is 229 g/mol. The van der Waals surface area contributed by atoms with Crippen LogP contribution in [0.15, 0.2) is 18.2 Å². The van der Waals surface area contributed by atoms with Crippen LogP contribution in [0.3, 0.4) is 0 Å². The molecule has 1 heterocycles. The van der Waals surface area contributed by atoms with Crippen molar-refractivity contribution in [1.29, 1.82) is 0 Å². The highest BCUT2D eigenvalue weighted by Crippen LogP contribution is 2.23. The second kappa shape index (κ2) is 4.17. The maximum absolute atomic E-state index is 10.7. The number of carbonyl (C=O) groups is 1. The molecule has 2 rings (SSSR count). The van der Waals surface area contributed by atoms with E-state index in [-0.39, 0.29) is 6.42 Å². The molecule has 17 heavy (non-hydrogen) atoms. The van der Waals surface area contributed by atoms with E-state index in [9.17, 15) is 4.79 Å². The molecule has 0 aliphatic carbocycles. The zero-order valence-electron chi connectivity index (χ0n) is 10.2. The summed E-state index contributed by atoms with van der Waals surface area (Å²) in [6.45, 7) is 6.05. The first-order chi connectivity index (χ1) is 7.97. The smallest absolute Gasteiger partial charge is 0.309 e. The summed E-state index contributed by atoms with van der Waals surface area (Å²) in [5.41, 5.74) is 4.90. The first-order valence-electron chi connectivity index (χ1n) is 5.56. The van der Waals surface area contributed by atoms with Gasteiger partial charge in [0.2, 0.25) is 0 Å². The number of carboxylic acid groups (broad SMARTS) is 1. The minimum absolute atomic E-state index is 0.0237. The molecule has 0 aliphatic heterocycles. The van der Waals surface area contributed by atoms with E-state index in [0.29, 0.717) is 5.69 Å². The lowest BCUT2D eigenvalue weighted by molar-refractivity contribution is -0.136. The standard InChI is InChI=1S/C14H15NO2/c1-8-4-10(3)14-12(5-8)9(2)6-11(15-14)7-13(16)17/h4-6H,7H2,1-3H3,(H,16,17). The molecule has 1 N–H and O–H groups in total. The second-order valence-corrected chi connectivity index (χ2v) is 4.48. The van der Waals surface area contributed by atoms with Gasteiger partial charge in [0.05, 0.1) is 17.6 Å². The van der Waals surface area contributed by atoms with Crippen molar-refractivity contribution in [2.24, 2.45) is 0 Å². The van der Waals surface area contributed by atoms with Gasteiger partial charge in [0.25, 0.3) is 0 Å². The van der Waals surface area contributed by atoms with Gasteiger partial charge >= 0.3 is 5.97 Å². The van der Waals surface area contributed by atoms with Gasteiger partial charge in [-0.05, 0) is 44.0 Å². The Balaban J connectivity index is 2.68. The lowest BCUT2D eigenvalue weighted by Gasteiger charge is -2.08. The van der Waals surface area contributed by atoms with Gasteiger partial charge < -0.3 is 5.11 Å². The molecule has 0 unspecified atom stereocenters.